The minimum absolute atomic E-state index is 0.00361. The molecule has 10 nitrogen and oxygen atoms in total. The molecule has 1 saturated carbocycles. The van der Waals surface area contributed by atoms with E-state index >= 15 is 0 Å². The number of hydrogen-bond acceptors (Lipinski definition) is 10. The molecule has 1 aliphatic heterocycles. The number of anilines is 4. The van der Waals surface area contributed by atoms with E-state index in [-0.39, 0.29) is 47.9 Å². The van der Waals surface area contributed by atoms with Crippen LogP contribution in [0.4, 0.5) is 36.8 Å². The summed E-state index contributed by atoms with van der Waals surface area (Å²) in [4.78, 5) is 18.7. The molecule has 168 valence electrons. The number of nitrogens with two attached hydrogens (primary N) is 1. The molecular formula is C19H19F3N8O2. The lowest BCUT2D eigenvalue weighted by Crippen LogP contribution is -2.26. The zero-order valence-electron chi connectivity index (χ0n) is 16.7. The molecular weight excluding hydrogens is 429 g/mol. The van der Waals surface area contributed by atoms with Gasteiger partial charge < -0.3 is 25.2 Å². The Hall–Kier alpha value is -3.48. The van der Waals surface area contributed by atoms with Gasteiger partial charge in [0.1, 0.15) is 6.61 Å². The molecule has 0 radical (unpaired) electrons. The topological polar surface area (TPSA) is 128 Å². The van der Waals surface area contributed by atoms with Crippen LogP contribution >= 0.6 is 0 Å². The fourth-order valence-electron chi connectivity index (χ4n) is 4.00. The Morgan fingerprint density at radius 2 is 1.81 bits per heavy atom. The third-order valence-corrected chi connectivity index (χ3v) is 5.52. The number of nitrogens with zero attached hydrogens (tertiary/aromatic N) is 6. The molecule has 13 heteroatoms. The normalized spacial score (nSPS) is 22.1. The molecule has 3 aromatic rings. The van der Waals surface area contributed by atoms with Crippen molar-refractivity contribution in [3.05, 3.63) is 30.3 Å². The highest BCUT2D eigenvalue weighted by Gasteiger charge is 2.56. The summed E-state index contributed by atoms with van der Waals surface area (Å²) in [6, 6.07) is 9.64. The van der Waals surface area contributed by atoms with Crippen LogP contribution in [0.1, 0.15) is 0 Å². The molecule has 3 heterocycles. The van der Waals surface area contributed by atoms with Crippen molar-refractivity contribution in [2.75, 3.05) is 42.3 Å². The van der Waals surface area contributed by atoms with Gasteiger partial charge in [-0.1, -0.05) is 23.4 Å². The number of halogens is 3. The molecule has 2 aromatic heterocycles. The van der Waals surface area contributed by atoms with Gasteiger partial charge in [0, 0.05) is 18.8 Å². The summed E-state index contributed by atoms with van der Waals surface area (Å²) in [6.07, 6.45) is -4.30. The number of aromatic nitrogens is 5. The minimum Gasteiger partial charge on any atom is -0.372 e. The molecule has 3 N–H and O–H groups in total. The Morgan fingerprint density at radius 1 is 1.06 bits per heavy atom. The highest BCUT2D eigenvalue weighted by atomic mass is 19.4. The van der Waals surface area contributed by atoms with E-state index in [0.717, 1.165) is 5.69 Å². The van der Waals surface area contributed by atoms with Crippen LogP contribution in [0.15, 0.2) is 34.9 Å². The average Bonchev–Trinajstić information content (AvgIpc) is 3.13. The fraction of sp³-hybridized carbons (Fsp3) is 0.421. The Bertz CT molecular complexity index is 1080. The van der Waals surface area contributed by atoms with Crippen LogP contribution in [0, 0.1) is 17.8 Å². The standard InChI is InChI=1S/C19H19F3N8O2/c20-19(21,22)9-31-8-13-11-6-30(7-12(11)13)18-27-15(29-32-18)14-25-16(23)28-17(26-14)24-10-4-2-1-3-5-10/h1-5,11-13H,6-9H2,(H3,23,24,25,26,28)/t11-,12+,13+. The number of benzene rings is 1. The van der Waals surface area contributed by atoms with E-state index in [2.05, 4.69) is 30.4 Å². The SMILES string of the molecule is Nc1nc(Nc2ccccc2)nc(-c2noc(N3C[C@@H]4[C@@H](COCC(F)(F)F)[C@@H]4C3)n2)n1. The van der Waals surface area contributed by atoms with Crippen molar-refractivity contribution >= 4 is 23.6 Å². The maximum absolute atomic E-state index is 12.2. The van der Waals surface area contributed by atoms with E-state index in [1.54, 1.807) is 0 Å². The average molecular weight is 448 g/mol. The van der Waals surface area contributed by atoms with Gasteiger partial charge in [-0.2, -0.15) is 33.1 Å². The second-order valence-corrected chi connectivity index (χ2v) is 7.76. The number of piperidine rings is 1. The molecule has 2 aliphatic rings. The first-order chi connectivity index (χ1) is 15.4. The molecule has 32 heavy (non-hydrogen) atoms. The van der Waals surface area contributed by atoms with Crippen molar-refractivity contribution in [3.8, 4) is 11.6 Å². The van der Waals surface area contributed by atoms with Crippen LogP contribution < -0.4 is 16.0 Å². The summed E-state index contributed by atoms with van der Waals surface area (Å²) in [7, 11) is 0. The van der Waals surface area contributed by atoms with Crippen molar-refractivity contribution < 1.29 is 22.4 Å². The maximum atomic E-state index is 12.2. The molecule has 0 spiro atoms. The van der Waals surface area contributed by atoms with Gasteiger partial charge in [0.2, 0.25) is 23.5 Å². The quantitative estimate of drug-likeness (QED) is 0.556. The molecule has 1 aliphatic carbocycles. The van der Waals surface area contributed by atoms with Gasteiger partial charge >= 0.3 is 12.2 Å². The number of nitrogen functional groups attached to an aromatic ring is 1. The summed E-state index contributed by atoms with van der Waals surface area (Å²) in [5.74, 6) is 1.22. The van der Waals surface area contributed by atoms with E-state index in [1.807, 2.05) is 35.2 Å². The predicted molar refractivity (Wildman–Crippen MR) is 107 cm³/mol. The highest BCUT2D eigenvalue weighted by Crippen LogP contribution is 2.52. The Morgan fingerprint density at radius 3 is 2.53 bits per heavy atom. The first-order valence-electron chi connectivity index (χ1n) is 9.93. The zero-order chi connectivity index (χ0) is 22.3. The minimum atomic E-state index is -4.30. The van der Waals surface area contributed by atoms with Crippen LogP contribution in [0.3, 0.4) is 0 Å². The molecule has 1 aromatic carbocycles. The second kappa shape index (κ2) is 7.89. The lowest BCUT2D eigenvalue weighted by molar-refractivity contribution is -0.175. The van der Waals surface area contributed by atoms with Crippen LogP contribution in [-0.2, 0) is 4.74 Å². The van der Waals surface area contributed by atoms with Gasteiger partial charge in [-0.3, -0.25) is 0 Å². The number of hydrogen-bond donors (Lipinski definition) is 2. The lowest BCUT2D eigenvalue weighted by Gasteiger charge is -2.16. The first-order valence-corrected chi connectivity index (χ1v) is 9.93. The molecule has 3 atom stereocenters. The number of fused-ring (bicyclic) bond motifs is 1. The van der Waals surface area contributed by atoms with Gasteiger partial charge in [0.05, 0.1) is 6.61 Å². The summed E-state index contributed by atoms with van der Waals surface area (Å²) in [5.41, 5.74) is 6.58. The van der Waals surface area contributed by atoms with Crippen molar-refractivity contribution in [2.45, 2.75) is 6.18 Å². The van der Waals surface area contributed by atoms with E-state index in [1.165, 1.54) is 0 Å². The highest BCUT2D eigenvalue weighted by molar-refractivity contribution is 5.57. The van der Waals surface area contributed by atoms with Crippen LogP contribution in [0.2, 0.25) is 0 Å². The summed E-state index contributed by atoms with van der Waals surface area (Å²) >= 11 is 0. The van der Waals surface area contributed by atoms with Gasteiger partial charge in [0.25, 0.3) is 0 Å². The number of nitrogens with one attached hydrogen (secondary N) is 1. The number of ether oxygens (including phenoxy) is 1. The van der Waals surface area contributed by atoms with Gasteiger partial charge in [-0.25, -0.2) is 0 Å². The lowest BCUT2D eigenvalue weighted by atomic mass is 10.3. The Balaban J connectivity index is 1.21. The molecule has 0 amide bonds. The molecule has 5 rings (SSSR count). The fourth-order valence-corrected chi connectivity index (χ4v) is 4.00. The number of alkyl halides is 3. The van der Waals surface area contributed by atoms with Crippen molar-refractivity contribution in [1.82, 2.24) is 25.1 Å². The second-order valence-electron chi connectivity index (χ2n) is 7.76. The number of para-hydroxylation sites is 1. The van der Waals surface area contributed by atoms with Gasteiger partial charge in [-0.15, -0.1) is 0 Å². The van der Waals surface area contributed by atoms with Crippen molar-refractivity contribution in [3.63, 3.8) is 0 Å². The summed E-state index contributed by atoms with van der Waals surface area (Å²) in [5, 5.41) is 6.98. The van der Waals surface area contributed by atoms with E-state index in [4.69, 9.17) is 15.0 Å². The predicted octanol–water partition coefficient (Wildman–Crippen LogP) is 2.51. The third kappa shape index (κ3) is 4.42. The summed E-state index contributed by atoms with van der Waals surface area (Å²) < 4.78 is 46.8. The molecule has 1 saturated heterocycles. The van der Waals surface area contributed by atoms with Crippen LogP contribution in [0.5, 0.6) is 0 Å². The largest absolute Gasteiger partial charge is 0.411 e. The molecule has 0 unspecified atom stereocenters. The van der Waals surface area contributed by atoms with E-state index in [0.29, 0.717) is 19.1 Å². The molecule has 2 fully saturated rings. The maximum Gasteiger partial charge on any atom is 0.411 e. The smallest absolute Gasteiger partial charge is 0.372 e. The van der Waals surface area contributed by atoms with Crippen LogP contribution in [0.25, 0.3) is 11.6 Å². The molecule has 0 bridgehead atoms. The zero-order valence-corrected chi connectivity index (χ0v) is 16.7. The Labute approximate surface area is 180 Å². The third-order valence-electron chi connectivity index (χ3n) is 5.52. The van der Waals surface area contributed by atoms with Gasteiger partial charge in [-0.05, 0) is 29.9 Å². The monoisotopic (exact) mass is 448 g/mol. The van der Waals surface area contributed by atoms with E-state index < -0.39 is 12.8 Å². The van der Waals surface area contributed by atoms with E-state index in [9.17, 15) is 13.2 Å². The summed E-state index contributed by atoms with van der Waals surface area (Å²) in [6.45, 7) is 0.133. The van der Waals surface area contributed by atoms with Crippen LogP contribution in [-0.4, -0.2) is 57.6 Å². The van der Waals surface area contributed by atoms with Gasteiger partial charge in [0.15, 0.2) is 0 Å². The van der Waals surface area contributed by atoms with Crippen molar-refractivity contribution in [1.29, 1.82) is 0 Å². The van der Waals surface area contributed by atoms with Crippen molar-refractivity contribution in [2.24, 2.45) is 17.8 Å². The Kier molecular flexibility index (Phi) is 5.04. The first kappa shape index (κ1) is 20.4. The number of rotatable bonds is 7.